The van der Waals surface area contributed by atoms with E-state index in [-0.39, 0.29) is 23.3 Å². The first-order valence-electron chi connectivity index (χ1n) is 11.9. The Morgan fingerprint density at radius 3 is 2.51 bits per heavy atom. The van der Waals surface area contributed by atoms with Crippen molar-refractivity contribution < 1.29 is 14.3 Å². The summed E-state index contributed by atoms with van der Waals surface area (Å²) in [5.41, 5.74) is 2.31. The fraction of sp³-hybridized carbons (Fsp3) is 0.154. The minimum atomic E-state index is -0.172. The van der Waals surface area contributed by atoms with Gasteiger partial charge < -0.3 is 15.4 Å². The molecule has 10 nitrogen and oxygen atoms in total. The third kappa shape index (κ3) is 7.56. The molecule has 0 saturated heterocycles. The molecule has 2 aromatic heterocycles. The van der Waals surface area contributed by atoms with Crippen LogP contribution in [-0.4, -0.2) is 61.7 Å². The van der Waals surface area contributed by atoms with E-state index in [2.05, 4.69) is 31.1 Å². The van der Waals surface area contributed by atoms with Crippen LogP contribution in [0.3, 0.4) is 0 Å². The van der Waals surface area contributed by atoms with E-state index in [1.54, 1.807) is 4.68 Å². The molecule has 3 aromatic carbocycles. The number of hydrogen-bond donors (Lipinski definition) is 2. The molecule has 39 heavy (non-hydrogen) atoms. The monoisotopic (exact) mass is 577 g/mol. The van der Waals surface area contributed by atoms with E-state index in [4.69, 9.17) is 4.74 Å². The lowest BCUT2D eigenvalue weighted by atomic mass is 10.3. The van der Waals surface area contributed by atoms with Crippen LogP contribution in [0, 0.1) is 0 Å². The van der Waals surface area contributed by atoms with Crippen LogP contribution in [0.4, 0.5) is 5.69 Å². The molecule has 0 fully saturated rings. The lowest BCUT2D eigenvalue weighted by molar-refractivity contribution is -0.118. The van der Waals surface area contributed by atoms with Gasteiger partial charge >= 0.3 is 0 Å². The van der Waals surface area contributed by atoms with Crippen molar-refractivity contribution in [2.45, 2.75) is 9.50 Å². The first-order valence-corrected chi connectivity index (χ1v) is 14.7. The lowest BCUT2D eigenvalue weighted by Gasteiger charge is -2.07. The van der Waals surface area contributed by atoms with Gasteiger partial charge in [0.2, 0.25) is 17.0 Å². The summed E-state index contributed by atoms with van der Waals surface area (Å²) in [6, 6.07) is 24.5. The predicted molar refractivity (Wildman–Crippen MR) is 154 cm³/mol. The van der Waals surface area contributed by atoms with Gasteiger partial charge in [0.1, 0.15) is 12.4 Å². The fourth-order valence-corrected chi connectivity index (χ4v) is 6.05. The maximum atomic E-state index is 12.6. The largest absolute Gasteiger partial charge is 0.492 e. The Hall–Kier alpha value is -3.94. The Kier molecular flexibility index (Phi) is 9.04. The van der Waals surface area contributed by atoms with Gasteiger partial charge in [-0.1, -0.05) is 59.9 Å². The van der Waals surface area contributed by atoms with Crippen molar-refractivity contribution in [3.8, 4) is 11.4 Å². The second-order valence-electron chi connectivity index (χ2n) is 8.01. The van der Waals surface area contributed by atoms with Crippen LogP contribution in [0.2, 0.25) is 0 Å². The van der Waals surface area contributed by atoms with Crippen molar-refractivity contribution >= 4 is 62.6 Å². The van der Waals surface area contributed by atoms with Gasteiger partial charge in [-0.15, -0.1) is 16.4 Å². The van der Waals surface area contributed by atoms with E-state index < -0.39 is 0 Å². The highest BCUT2D eigenvalue weighted by Crippen LogP contribution is 2.31. The number of hydrogen-bond acceptors (Lipinski definition) is 10. The molecule has 198 valence electrons. The molecule has 0 atom stereocenters. The van der Waals surface area contributed by atoms with Crippen LogP contribution in [0.15, 0.2) is 88.4 Å². The molecule has 13 heteroatoms. The summed E-state index contributed by atoms with van der Waals surface area (Å²) in [6.07, 6.45) is 0. The van der Waals surface area contributed by atoms with Crippen LogP contribution in [0.1, 0.15) is 0 Å². The summed E-state index contributed by atoms with van der Waals surface area (Å²) in [6.45, 7) is 0.829. The van der Waals surface area contributed by atoms with Gasteiger partial charge in [0, 0.05) is 5.69 Å². The molecular weight excluding hydrogens is 555 g/mol. The maximum Gasteiger partial charge on any atom is 0.234 e. The van der Waals surface area contributed by atoms with Crippen molar-refractivity contribution in [2.24, 2.45) is 0 Å². The van der Waals surface area contributed by atoms with Gasteiger partial charge in [0.05, 0.1) is 34.0 Å². The molecule has 0 aliphatic heterocycles. The molecule has 0 aliphatic rings. The van der Waals surface area contributed by atoms with E-state index in [1.165, 1.54) is 34.9 Å². The standard InChI is InChI=1S/C26H23N7O3S3/c34-23(27-13-14-36-20-9-5-2-6-10-20)16-38-26-29-21-12-11-18(15-22(21)39-26)28-24(35)17-37-25-30-31-32-33(25)19-7-3-1-4-8-19/h1-12,15H,13-14,16-17H2,(H,27,34)(H,28,35). The van der Waals surface area contributed by atoms with Crippen LogP contribution in [0.5, 0.6) is 5.75 Å². The number of fused-ring (bicyclic) bond motifs is 1. The number of thiazole rings is 1. The average molecular weight is 578 g/mol. The third-order valence-corrected chi connectivity index (χ3v) is 8.27. The molecule has 0 radical (unpaired) electrons. The second kappa shape index (κ2) is 13.2. The maximum absolute atomic E-state index is 12.6. The van der Waals surface area contributed by atoms with Gasteiger partial charge in [-0.2, -0.15) is 4.68 Å². The Morgan fingerprint density at radius 2 is 1.69 bits per heavy atom. The van der Waals surface area contributed by atoms with E-state index in [9.17, 15) is 9.59 Å². The molecule has 2 heterocycles. The molecular formula is C26H23N7O3S3. The quantitative estimate of drug-likeness (QED) is 0.165. The number of nitrogens with one attached hydrogen (secondary N) is 2. The number of carbonyl (C=O) groups excluding carboxylic acids is 2. The minimum Gasteiger partial charge on any atom is -0.492 e. The van der Waals surface area contributed by atoms with Gasteiger partial charge in [-0.05, 0) is 52.9 Å². The predicted octanol–water partition coefficient (Wildman–Crippen LogP) is 4.29. The zero-order chi connectivity index (χ0) is 26.9. The van der Waals surface area contributed by atoms with Gasteiger partial charge in [-0.25, -0.2) is 4.98 Å². The first-order chi connectivity index (χ1) is 19.1. The number of ether oxygens (including phenoxy) is 1. The molecule has 0 bridgehead atoms. The summed E-state index contributed by atoms with van der Waals surface area (Å²) in [7, 11) is 0. The number of thioether (sulfide) groups is 2. The number of anilines is 1. The van der Waals surface area contributed by atoms with Crippen LogP contribution in [0.25, 0.3) is 15.9 Å². The molecule has 2 N–H and O–H groups in total. The summed E-state index contributed by atoms with van der Waals surface area (Å²) in [4.78, 5) is 29.4. The molecule has 5 rings (SSSR count). The minimum absolute atomic E-state index is 0.0836. The second-order valence-corrected chi connectivity index (χ2v) is 11.2. The van der Waals surface area contributed by atoms with Gasteiger partial charge in [0.25, 0.3) is 0 Å². The number of nitrogens with zero attached hydrogens (tertiary/aromatic N) is 5. The average Bonchev–Trinajstić information content (AvgIpc) is 3.61. The number of carbonyl (C=O) groups is 2. The highest BCUT2D eigenvalue weighted by atomic mass is 32.2. The van der Waals surface area contributed by atoms with Crippen molar-refractivity contribution in [1.29, 1.82) is 0 Å². The number of tetrazole rings is 1. The molecule has 5 aromatic rings. The number of aromatic nitrogens is 5. The molecule has 0 saturated carbocycles. The van der Waals surface area contributed by atoms with Crippen molar-refractivity contribution in [2.75, 3.05) is 30.0 Å². The molecule has 0 spiro atoms. The zero-order valence-corrected chi connectivity index (χ0v) is 23.0. The Balaban J connectivity index is 1.08. The van der Waals surface area contributed by atoms with Crippen LogP contribution < -0.4 is 15.4 Å². The number of para-hydroxylation sites is 2. The highest BCUT2D eigenvalue weighted by molar-refractivity contribution is 8.01. The van der Waals surface area contributed by atoms with Crippen LogP contribution in [-0.2, 0) is 9.59 Å². The Morgan fingerprint density at radius 1 is 0.923 bits per heavy atom. The molecule has 0 aliphatic carbocycles. The molecule has 2 amide bonds. The van der Waals surface area contributed by atoms with E-state index >= 15 is 0 Å². The highest BCUT2D eigenvalue weighted by Gasteiger charge is 2.13. The third-order valence-electron chi connectivity index (χ3n) is 5.19. The zero-order valence-electron chi connectivity index (χ0n) is 20.5. The van der Waals surface area contributed by atoms with E-state index in [0.717, 1.165) is 26.0 Å². The van der Waals surface area contributed by atoms with Gasteiger partial charge in [0.15, 0.2) is 4.34 Å². The van der Waals surface area contributed by atoms with E-state index in [0.29, 0.717) is 24.0 Å². The summed E-state index contributed by atoms with van der Waals surface area (Å²) in [5, 5.41) is 18.0. The summed E-state index contributed by atoms with van der Waals surface area (Å²) in [5.74, 6) is 0.929. The van der Waals surface area contributed by atoms with Gasteiger partial charge in [-0.3, -0.25) is 9.59 Å². The Labute approximate surface area is 236 Å². The van der Waals surface area contributed by atoms with E-state index in [1.807, 2.05) is 78.9 Å². The normalized spacial score (nSPS) is 10.9. The topological polar surface area (TPSA) is 124 Å². The van der Waals surface area contributed by atoms with Crippen molar-refractivity contribution in [3.63, 3.8) is 0 Å². The Bertz CT molecular complexity index is 1540. The lowest BCUT2D eigenvalue weighted by Crippen LogP contribution is -2.29. The van der Waals surface area contributed by atoms with Crippen LogP contribution >= 0.6 is 34.9 Å². The summed E-state index contributed by atoms with van der Waals surface area (Å²) >= 11 is 4.11. The number of benzene rings is 3. The number of rotatable bonds is 12. The smallest absolute Gasteiger partial charge is 0.234 e. The van der Waals surface area contributed by atoms with Crippen molar-refractivity contribution in [1.82, 2.24) is 30.5 Å². The summed E-state index contributed by atoms with van der Waals surface area (Å²) < 4.78 is 8.89. The fourth-order valence-electron chi connectivity index (χ4n) is 3.42. The first kappa shape index (κ1) is 26.7. The SMILES string of the molecule is O=C(CSc1nc2ccc(NC(=O)CSc3nnnn3-c3ccccc3)cc2s1)NCCOc1ccccc1. The van der Waals surface area contributed by atoms with Crippen molar-refractivity contribution in [3.05, 3.63) is 78.9 Å². The number of amides is 2. The molecule has 0 unspecified atom stereocenters.